The van der Waals surface area contributed by atoms with Gasteiger partial charge < -0.3 is 5.32 Å². The number of sulfonamides is 1. The van der Waals surface area contributed by atoms with Crippen LogP contribution in [0.3, 0.4) is 0 Å². The first kappa shape index (κ1) is 15.7. The molecule has 1 unspecified atom stereocenters. The second-order valence-electron chi connectivity index (χ2n) is 6.78. The Hall–Kier alpha value is -0.170. The summed E-state index contributed by atoms with van der Waals surface area (Å²) in [5, 5.41) is 3.41. The van der Waals surface area contributed by atoms with Crippen molar-refractivity contribution in [3.8, 4) is 0 Å². The van der Waals surface area contributed by atoms with E-state index in [-0.39, 0.29) is 0 Å². The molecule has 0 radical (unpaired) electrons. The fraction of sp³-hybridized carbons (Fsp3) is 1.00. The van der Waals surface area contributed by atoms with Gasteiger partial charge in [0.05, 0.1) is 5.75 Å². The fourth-order valence-electron chi connectivity index (χ4n) is 4.20. The summed E-state index contributed by atoms with van der Waals surface area (Å²) in [4.78, 5) is 2.56. The molecule has 0 aromatic heterocycles. The van der Waals surface area contributed by atoms with Crippen LogP contribution in [0.4, 0.5) is 0 Å². The van der Waals surface area contributed by atoms with Gasteiger partial charge in [-0.1, -0.05) is 19.3 Å². The zero-order valence-corrected chi connectivity index (χ0v) is 13.8. The summed E-state index contributed by atoms with van der Waals surface area (Å²) in [6.45, 7) is 5.67. The van der Waals surface area contributed by atoms with Crippen molar-refractivity contribution in [3.63, 3.8) is 0 Å². The van der Waals surface area contributed by atoms with E-state index in [4.69, 9.17) is 0 Å². The predicted molar refractivity (Wildman–Crippen MR) is 84.8 cm³/mol. The maximum absolute atomic E-state index is 12.2. The third kappa shape index (κ3) is 3.78. The zero-order valence-electron chi connectivity index (χ0n) is 13.0. The van der Waals surface area contributed by atoms with Gasteiger partial charge in [-0.25, -0.2) is 12.7 Å². The standard InChI is InChI=1S/C15H29N3O2S/c19-21(20)12-4-9-18(21)13-15(14-5-2-1-3-6-14)17-10-7-16-8-11-17/h14-16H,1-13H2. The van der Waals surface area contributed by atoms with Crippen LogP contribution < -0.4 is 5.32 Å². The predicted octanol–water partition coefficient (Wildman–Crippen LogP) is 0.876. The van der Waals surface area contributed by atoms with Crippen LogP contribution in [0.25, 0.3) is 0 Å². The molecule has 0 amide bonds. The topological polar surface area (TPSA) is 52.7 Å². The molecule has 122 valence electrons. The van der Waals surface area contributed by atoms with Gasteiger partial charge in [0.15, 0.2) is 0 Å². The molecule has 2 heterocycles. The minimum absolute atomic E-state index is 0.353. The smallest absolute Gasteiger partial charge is 0.214 e. The van der Waals surface area contributed by atoms with Crippen LogP contribution in [0.1, 0.15) is 38.5 Å². The molecule has 0 aromatic carbocycles. The van der Waals surface area contributed by atoms with Gasteiger partial charge in [0, 0.05) is 45.3 Å². The molecule has 2 aliphatic heterocycles. The largest absolute Gasteiger partial charge is 0.314 e. The molecule has 3 aliphatic rings. The highest BCUT2D eigenvalue weighted by atomic mass is 32.2. The van der Waals surface area contributed by atoms with Crippen LogP contribution in [0.2, 0.25) is 0 Å². The Balaban J connectivity index is 1.71. The minimum Gasteiger partial charge on any atom is -0.314 e. The molecular formula is C15H29N3O2S. The summed E-state index contributed by atoms with van der Waals surface area (Å²) in [7, 11) is -2.97. The highest BCUT2D eigenvalue weighted by Crippen LogP contribution is 2.31. The fourth-order valence-corrected chi connectivity index (χ4v) is 5.74. The molecule has 1 N–H and O–H groups in total. The summed E-state index contributed by atoms with van der Waals surface area (Å²) in [5.41, 5.74) is 0. The van der Waals surface area contributed by atoms with E-state index in [1.165, 1.54) is 32.1 Å². The number of hydrogen-bond acceptors (Lipinski definition) is 4. The van der Waals surface area contributed by atoms with Crippen molar-refractivity contribution in [2.24, 2.45) is 5.92 Å². The Bertz CT molecular complexity index is 410. The summed E-state index contributed by atoms with van der Waals surface area (Å²) < 4.78 is 26.1. The quantitative estimate of drug-likeness (QED) is 0.837. The summed E-state index contributed by atoms with van der Waals surface area (Å²) in [5.74, 6) is 1.04. The molecule has 3 rings (SSSR count). The molecule has 1 saturated carbocycles. The van der Waals surface area contributed by atoms with Gasteiger partial charge in [0.2, 0.25) is 10.0 Å². The van der Waals surface area contributed by atoms with Crippen molar-refractivity contribution in [1.82, 2.24) is 14.5 Å². The lowest BCUT2D eigenvalue weighted by Gasteiger charge is -2.42. The van der Waals surface area contributed by atoms with E-state index in [0.29, 0.717) is 17.7 Å². The van der Waals surface area contributed by atoms with Gasteiger partial charge in [0.25, 0.3) is 0 Å². The Morgan fingerprint density at radius 2 is 1.71 bits per heavy atom. The molecule has 1 aliphatic carbocycles. The molecule has 6 heteroatoms. The normalized spacial score (nSPS) is 30.5. The van der Waals surface area contributed by atoms with Crippen LogP contribution >= 0.6 is 0 Å². The first-order valence-corrected chi connectivity index (χ1v) is 10.2. The van der Waals surface area contributed by atoms with E-state index in [9.17, 15) is 8.42 Å². The first-order chi connectivity index (χ1) is 10.2. The minimum atomic E-state index is -2.97. The highest BCUT2D eigenvalue weighted by molar-refractivity contribution is 7.89. The van der Waals surface area contributed by atoms with Crippen LogP contribution in [0.5, 0.6) is 0 Å². The second kappa shape index (κ2) is 6.94. The lowest BCUT2D eigenvalue weighted by atomic mass is 9.83. The van der Waals surface area contributed by atoms with Crippen molar-refractivity contribution in [1.29, 1.82) is 0 Å². The lowest BCUT2D eigenvalue weighted by molar-refractivity contribution is 0.0890. The maximum Gasteiger partial charge on any atom is 0.214 e. The molecule has 3 fully saturated rings. The number of rotatable bonds is 4. The molecule has 2 saturated heterocycles. The third-order valence-electron chi connectivity index (χ3n) is 5.41. The second-order valence-corrected chi connectivity index (χ2v) is 8.87. The Morgan fingerprint density at radius 1 is 1.00 bits per heavy atom. The summed E-state index contributed by atoms with van der Waals surface area (Å²) in [6.07, 6.45) is 7.36. The van der Waals surface area contributed by atoms with Crippen LogP contribution in [0.15, 0.2) is 0 Å². The van der Waals surface area contributed by atoms with E-state index in [2.05, 4.69) is 10.2 Å². The van der Waals surface area contributed by atoms with E-state index < -0.39 is 10.0 Å². The average Bonchev–Trinajstić information content (AvgIpc) is 2.85. The van der Waals surface area contributed by atoms with Crippen molar-refractivity contribution >= 4 is 10.0 Å². The monoisotopic (exact) mass is 315 g/mol. The van der Waals surface area contributed by atoms with Gasteiger partial charge in [-0.2, -0.15) is 0 Å². The van der Waals surface area contributed by atoms with Crippen molar-refractivity contribution in [2.75, 3.05) is 45.0 Å². The Morgan fingerprint density at radius 3 is 2.33 bits per heavy atom. The van der Waals surface area contributed by atoms with Crippen LogP contribution in [-0.4, -0.2) is 68.7 Å². The zero-order chi connectivity index (χ0) is 14.7. The molecular weight excluding hydrogens is 286 g/mol. The Kier molecular flexibility index (Phi) is 5.19. The Labute approximate surface area is 129 Å². The molecule has 0 aromatic rings. The number of hydrogen-bond donors (Lipinski definition) is 1. The molecule has 5 nitrogen and oxygen atoms in total. The molecule has 1 atom stereocenters. The first-order valence-electron chi connectivity index (χ1n) is 8.59. The van der Waals surface area contributed by atoms with Gasteiger partial charge in [-0.3, -0.25) is 4.90 Å². The number of nitrogens with zero attached hydrogens (tertiary/aromatic N) is 2. The molecule has 0 bridgehead atoms. The maximum atomic E-state index is 12.2. The van der Waals surface area contributed by atoms with Crippen molar-refractivity contribution in [2.45, 2.75) is 44.6 Å². The molecule has 21 heavy (non-hydrogen) atoms. The van der Waals surface area contributed by atoms with E-state index >= 15 is 0 Å². The SMILES string of the molecule is O=S1(=O)CCCN1CC(C1CCCCC1)N1CCNCC1. The highest BCUT2D eigenvalue weighted by Gasteiger charge is 2.36. The van der Waals surface area contributed by atoms with Gasteiger partial charge in [-0.05, 0) is 25.2 Å². The average molecular weight is 315 g/mol. The lowest BCUT2D eigenvalue weighted by Crippen LogP contribution is -2.55. The summed E-state index contributed by atoms with van der Waals surface area (Å²) >= 11 is 0. The molecule has 0 spiro atoms. The van der Waals surface area contributed by atoms with Gasteiger partial charge in [-0.15, -0.1) is 0 Å². The number of piperazine rings is 1. The van der Waals surface area contributed by atoms with Gasteiger partial charge >= 0.3 is 0 Å². The van der Waals surface area contributed by atoms with Crippen molar-refractivity contribution in [3.05, 3.63) is 0 Å². The van der Waals surface area contributed by atoms with E-state index in [1.807, 2.05) is 0 Å². The summed E-state index contributed by atoms with van der Waals surface area (Å²) in [6, 6.07) is 0.431. The third-order valence-corrected chi connectivity index (χ3v) is 7.33. The van der Waals surface area contributed by atoms with E-state index in [0.717, 1.165) is 45.7 Å². The number of nitrogens with one attached hydrogen (secondary N) is 1. The van der Waals surface area contributed by atoms with Crippen LogP contribution in [0, 0.1) is 5.92 Å². The van der Waals surface area contributed by atoms with Crippen molar-refractivity contribution < 1.29 is 8.42 Å². The van der Waals surface area contributed by atoms with Gasteiger partial charge in [0.1, 0.15) is 0 Å². The van der Waals surface area contributed by atoms with Crippen LogP contribution in [-0.2, 0) is 10.0 Å². The van der Waals surface area contributed by atoms with E-state index in [1.54, 1.807) is 4.31 Å².